The van der Waals surface area contributed by atoms with Crippen molar-refractivity contribution in [1.29, 1.82) is 0 Å². The topological polar surface area (TPSA) is 55.4 Å². The number of amides is 1. The van der Waals surface area contributed by atoms with E-state index in [0.29, 0.717) is 22.2 Å². The van der Waals surface area contributed by atoms with Crippen molar-refractivity contribution < 1.29 is 14.3 Å². The lowest BCUT2D eigenvalue weighted by Crippen LogP contribution is -2.21. The van der Waals surface area contributed by atoms with E-state index < -0.39 is 11.9 Å². The van der Waals surface area contributed by atoms with Crippen LogP contribution in [0.2, 0.25) is 5.02 Å². The van der Waals surface area contributed by atoms with Crippen LogP contribution < -0.4 is 5.32 Å². The molecule has 0 bridgehead atoms. The molecule has 0 unspecified atom stereocenters. The van der Waals surface area contributed by atoms with Gasteiger partial charge in [0.25, 0.3) is 5.91 Å². The number of esters is 1. The molecule has 6 heteroatoms. The lowest BCUT2D eigenvalue weighted by atomic mass is 10.0. The number of benzene rings is 3. The van der Waals surface area contributed by atoms with Crippen LogP contribution in [0.4, 0.5) is 5.69 Å². The minimum absolute atomic E-state index is 0.356. The molecular formula is C24H22ClNO3S. The molecule has 0 aliphatic rings. The largest absolute Gasteiger partial charge is 0.452 e. The Morgan fingerprint density at radius 2 is 1.63 bits per heavy atom. The molecule has 154 valence electrons. The third-order valence-electron chi connectivity index (χ3n) is 4.35. The maximum absolute atomic E-state index is 12.3. The first-order valence-corrected chi connectivity index (χ1v) is 10.7. The molecule has 1 amide bonds. The molecule has 3 aromatic carbocycles. The monoisotopic (exact) mass is 439 g/mol. The van der Waals surface area contributed by atoms with Crippen molar-refractivity contribution in [2.75, 3.05) is 11.9 Å². The van der Waals surface area contributed by atoms with Crippen molar-refractivity contribution in [3.63, 3.8) is 0 Å². The molecule has 0 fully saturated rings. The maximum atomic E-state index is 12.3. The summed E-state index contributed by atoms with van der Waals surface area (Å²) >= 11 is 7.44. The molecule has 0 atom stereocenters. The quantitative estimate of drug-likeness (QED) is 0.432. The van der Waals surface area contributed by atoms with Crippen LogP contribution in [-0.4, -0.2) is 18.5 Å². The third-order valence-corrected chi connectivity index (χ3v) is 5.69. The van der Waals surface area contributed by atoms with E-state index in [9.17, 15) is 9.59 Å². The van der Waals surface area contributed by atoms with E-state index in [1.807, 2.05) is 60.7 Å². The van der Waals surface area contributed by atoms with E-state index in [1.54, 1.807) is 12.1 Å². The van der Waals surface area contributed by atoms with Crippen LogP contribution in [0.15, 0.2) is 82.6 Å². The molecule has 30 heavy (non-hydrogen) atoms. The van der Waals surface area contributed by atoms with E-state index in [-0.39, 0.29) is 6.61 Å². The summed E-state index contributed by atoms with van der Waals surface area (Å²) in [4.78, 5) is 26.4. The average Bonchev–Trinajstić information content (AvgIpc) is 2.75. The molecule has 0 aliphatic carbocycles. The number of halogens is 1. The second-order valence-electron chi connectivity index (χ2n) is 6.95. The van der Waals surface area contributed by atoms with E-state index >= 15 is 0 Å². The lowest BCUT2D eigenvalue weighted by Gasteiger charge is -2.11. The number of carbonyl (C=O) groups excluding carboxylic acids is 2. The third kappa shape index (κ3) is 6.12. The second kappa shape index (κ2) is 10.3. The van der Waals surface area contributed by atoms with Gasteiger partial charge in [0.15, 0.2) is 6.61 Å². The van der Waals surface area contributed by atoms with Crippen molar-refractivity contribution in [2.45, 2.75) is 29.6 Å². The number of carbonyl (C=O) groups is 2. The summed E-state index contributed by atoms with van der Waals surface area (Å²) < 4.78 is 5.16. The Labute approximate surface area is 185 Å². The highest BCUT2D eigenvalue weighted by atomic mass is 35.5. The summed E-state index contributed by atoms with van der Waals surface area (Å²) in [6, 6.07) is 22.1. The van der Waals surface area contributed by atoms with Gasteiger partial charge in [-0.25, -0.2) is 4.79 Å². The zero-order chi connectivity index (χ0) is 21.5. The number of hydrogen-bond acceptors (Lipinski definition) is 4. The van der Waals surface area contributed by atoms with Crippen LogP contribution in [0.25, 0.3) is 0 Å². The van der Waals surface area contributed by atoms with Gasteiger partial charge in [-0.15, -0.1) is 0 Å². The molecule has 0 spiro atoms. The highest BCUT2D eigenvalue weighted by molar-refractivity contribution is 7.99. The molecule has 4 nitrogen and oxygen atoms in total. The van der Waals surface area contributed by atoms with Gasteiger partial charge in [-0.05, 0) is 60.0 Å². The summed E-state index contributed by atoms with van der Waals surface area (Å²) in [5.74, 6) is -0.540. The number of anilines is 1. The first-order chi connectivity index (χ1) is 14.4. The Bertz CT molecular complexity index is 1020. The fraction of sp³-hybridized carbons (Fsp3) is 0.167. The van der Waals surface area contributed by atoms with Crippen LogP contribution in [0, 0.1) is 0 Å². The minimum atomic E-state index is -0.524. The van der Waals surface area contributed by atoms with E-state index in [2.05, 4.69) is 19.2 Å². The lowest BCUT2D eigenvalue weighted by molar-refractivity contribution is -0.119. The molecule has 1 N–H and O–H groups in total. The molecule has 0 saturated heterocycles. The van der Waals surface area contributed by atoms with Gasteiger partial charge in [0.1, 0.15) is 0 Å². The molecule has 0 saturated carbocycles. The zero-order valence-electron chi connectivity index (χ0n) is 16.7. The van der Waals surface area contributed by atoms with Crippen molar-refractivity contribution in [2.24, 2.45) is 0 Å². The molecule has 3 rings (SSSR count). The Morgan fingerprint density at radius 3 is 2.30 bits per heavy atom. The van der Waals surface area contributed by atoms with Crippen LogP contribution in [0.1, 0.15) is 35.7 Å². The van der Waals surface area contributed by atoms with Crippen LogP contribution in [0.3, 0.4) is 0 Å². The van der Waals surface area contributed by atoms with E-state index in [4.69, 9.17) is 16.3 Å². The molecule has 0 heterocycles. The van der Waals surface area contributed by atoms with Gasteiger partial charge in [0.2, 0.25) is 0 Å². The summed E-state index contributed by atoms with van der Waals surface area (Å²) in [6.45, 7) is 3.81. The molecule has 3 aromatic rings. The standard InChI is InChI=1S/C24H22ClNO3S/c1-16(2)17-7-9-18(10-8-17)24(28)29-15-23(27)26-21-5-3-4-6-22(21)30-20-13-11-19(25)12-14-20/h3-14,16H,15H2,1-2H3,(H,26,27). The first kappa shape index (κ1) is 21.9. The minimum Gasteiger partial charge on any atom is -0.452 e. The first-order valence-electron chi connectivity index (χ1n) is 9.52. The number of ether oxygens (including phenoxy) is 1. The van der Waals surface area contributed by atoms with Gasteiger partial charge in [-0.2, -0.15) is 0 Å². The van der Waals surface area contributed by atoms with Gasteiger partial charge in [0.05, 0.1) is 11.3 Å². The predicted molar refractivity (Wildman–Crippen MR) is 121 cm³/mol. The number of para-hydroxylation sites is 1. The maximum Gasteiger partial charge on any atom is 0.338 e. The van der Waals surface area contributed by atoms with Crippen molar-refractivity contribution >= 4 is 40.9 Å². The Balaban J connectivity index is 1.58. The van der Waals surface area contributed by atoms with E-state index in [0.717, 1.165) is 15.4 Å². The number of rotatable bonds is 7. The molecule has 0 aromatic heterocycles. The fourth-order valence-corrected chi connectivity index (χ4v) is 3.72. The SMILES string of the molecule is CC(C)c1ccc(C(=O)OCC(=O)Nc2ccccc2Sc2ccc(Cl)cc2)cc1. The van der Waals surface area contributed by atoms with Gasteiger partial charge in [-0.3, -0.25) is 4.79 Å². The van der Waals surface area contributed by atoms with Crippen LogP contribution in [-0.2, 0) is 9.53 Å². The van der Waals surface area contributed by atoms with Gasteiger partial charge in [0, 0.05) is 14.8 Å². The van der Waals surface area contributed by atoms with Crippen molar-refractivity contribution in [3.05, 3.63) is 88.9 Å². The number of nitrogens with one attached hydrogen (secondary N) is 1. The Kier molecular flexibility index (Phi) is 7.55. The van der Waals surface area contributed by atoms with E-state index in [1.165, 1.54) is 11.8 Å². The number of hydrogen-bond donors (Lipinski definition) is 1. The van der Waals surface area contributed by atoms with Crippen LogP contribution in [0.5, 0.6) is 0 Å². The van der Waals surface area contributed by atoms with Gasteiger partial charge in [-0.1, -0.05) is 61.5 Å². The predicted octanol–water partition coefficient (Wildman–Crippen LogP) is 6.41. The molecule has 0 aliphatic heterocycles. The summed E-state index contributed by atoms with van der Waals surface area (Å²) in [5, 5.41) is 3.48. The second-order valence-corrected chi connectivity index (χ2v) is 8.50. The Hall–Kier alpha value is -2.76. The Morgan fingerprint density at radius 1 is 0.967 bits per heavy atom. The van der Waals surface area contributed by atoms with Crippen LogP contribution >= 0.6 is 23.4 Å². The summed E-state index contributed by atoms with van der Waals surface area (Å²) in [6.07, 6.45) is 0. The molecular weight excluding hydrogens is 418 g/mol. The zero-order valence-corrected chi connectivity index (χ0v) is 18.3. The molecule has 0 radical (unpaired) electrons. The normalized spacial score (nSPS) is 10.7. The average molecular weight is 440 g/mol. The van der Waals surface area contributed by atoms with Gasteiger partial charge >= 0.3 is 5.97 Å². The highest BCUT2D eigenvalue weighted by Gasteiger charge is 2.13. The van der Waals surface area contributed by atoms with Crippen molar-refractivity contribution in [3.8, 4) is 0 Å². The smallest absolute Gasteiger partial charge is 0.338 e. The van der Waals surface area contributed by atoms with Gasteiger partial charge < -0.3 is 10.1 Å². The summed E-state index contributed by atoms with van der Waals surface area (Å²) in [5.41, 5.74) is 2.21. The fourth-order valence-electron chi connectivity index (χ4n) is 2.69. The summed E-state index contributed by atoms with van der Waals surface area (Å²) in [7, 11) is 0. The van der Waals surface area contributed by atoms with Crippen molar-refractivity contribution in [1.82, 2.24) is 0 Å². The highest BCUT2D eigenvalue weighted by Crippen LogP contribution is 2.33.